The number of amides is 1. The fraction of sp³-hybridized carbons (Fsp3) is 0.429. The molecule has 5 nitrogen and oxygen atoms in total. The molecular weight excluding hydrogens is 244 g/mol. The molecule has 0 aliphatic heterocycles. The Morgan fingerprint density at radius 3 is 2.37 bits per heavy atom. The van der Waals surface area contributed by atoms with E-state index in [1.165, 1.54) is 6.92 Å². The summed E-state index contributed by atoms with van der Waals surface area (Å²) in [7, 11) is 3.83. The van der Waals surface area contributed by atoms with Crippen LogP contribution in [0.4, 0.5) is 4.79 Å². The molecule has 19 heavy (non-hydrogen) atoms. The zero-order chi connectivity index (χ0) is 14.3. The van der Waals surface area contributed by atoms with Crippen LogP contribution in [0.1, 0.15) is 22.8 Å². The number of carbonyl (C=O) groups excluding carboxylic acids is 2. The molecule has 0 aliphatic rings. The van der Waals surface area contributed by atoms with Crippen molar-refractivity contribution in [1.82, 2.24) is 10.2 Å². The van der Waals surface area contributed by atoms with Crippen molar-refractivity contribution >= 4 is 11.9 Å². The highest BCUT2D eigenvalue weighted by atomic mass is 16.5. The molecule has 1 aromatic carbocycles. The molecule has 0 spiro atoms. The van der Waals surface area contributed by atoms with Crippen molar-refractivity contribution < 1.29 is 14.3 Å². The Balaban J connectivity index is 2.32. The third-order valence-electron chi connectivity index (χ3n) is 2.57. The van der Waals surface area contributed by atoms with Crippen molar-refractivity contribution in [3.05, 3.63) is 35.4 Å². The molecule has 0 saturated heterocycles. The fourth-order valence-corrected chi connectivity index (χ4v) is 1.40. The van der Waals surface area contributed by atoms with Gasteiger partial charge in [-0.3, -0.25) is 4.79 Å². The fourth-order valence-electron chi connectivity index (χ4n) is 1.40. The summed E-state index contributed by atoms with van der Waals surface area (Å²) in [5.74, 6) is 0.0302. The molecule has 0 saturated carbocycles. The van der Waals surface area contributed by atoms with E-state index in [1.54, 1.807) is 12.1 Å². The molecule has 0 bridgehead atoms. The standard InChI is InChI=1S/C14H20N2O3/c1-11(17)13-6-4-12(5-7-13)10-15-14(18)19-9-8-16(2)3/h4-7H,8-10H2,1-3H3,(H,15,18). The lowest BCUT2D eigenvalue weighted by Crippen LogP contribution is -2.27. The Labute approximate surface area is 113 Å². The van der Waals surface area contributed by atoms with Crippen LogP contribution in [0.15, 0.2) is 24.3 Å². The summed E-state index contributed by atoms with van der Waals surface area (Å²) < 4.78 is 4.99. The van der Waals surface area contributed by atoms with Crippen molar-refractivity contribution in [3.63, 3.8) is 0 Å². The lowest BCUT2D eigenvalue weighted by Gasteiger charge is -2.10. The molecule has 1 aromatic rings. The topological polar surface area (TPSA) is 58.6 Å². The van der Waals surface area contributed by atoms with E-state index in [2.05, 4.69) is 5.32 Å². The Kier molecular flexibility index (Phi) is 6.02. The Hall–Kier alpha value is -1.88. The highest BCUT2D eigenvalue weighted by molar-refractivity contribution is 5.94. The number of nitrogens with one attached hydrogen (secondary N) is 1. The average Bonchev–Trinajstić information content (AvgIpc) is 2.36. The van der Waals surface area contributed by atoms with Crippen molar-refractivity contribution in [2.24, 2.45) is 0 Å². The summed E-state index contributed by atoms with van der Waals surface area (Å²) in [6.45, 7) is 2.97. The minimum atomic E-state index is -0.433. The van der Waals surface area contributed by atoms with Gasteiger partial charge in [0.05, 0.1) is 0 Å². The molecular formula is C14H20N2O3. The average molecular weight is 264 g/mol. The molecule has 0 radical (unpaired) electrons. The predicted molar refractivity (Wildman–Crippen MR) is 73.2 cm³/mol. The third kappa shape index (κ3) is 6.01. The lowest BCUT2D eigenvalue weighted by atomic mass is 10.1. The monoisotopic (exact) mass is 264 g/mol. The summed E-state index contributed by atoms with van der Waals surface area (Å²) in [6.07, 6.45) is -0.433. The van der Waals surface area contributed by atoms with Crippen LogP contribution in [0.3, 0.4) is 0 Å². The minimum Gasteiger partial charge on any atom is -0.448 e. The van der Waals surface area contributed by atoms with Crippen LogP contribution in [0.5, 0.6) is 0 Å². The number of hydrogen-bond acceptors (Lipinski definition) is 4. The second-order valence-corrected chi connectivity index (χ2v) is 4.55. The maximum absolute atomic E-state index is 11.4. The number of ether oxygens (including phenoxy) is 1. The summed E-state index contributed by atoms with van der Waals surface area (Å²) in [4.78, 5) is 24.4. The van der Waals surface area contributed by atoms with Gasteiger partial charge in [-0.1, -0.05) is 24.3 Å². The van der Waals surface area contributed by atoms with Gasteiger partial charge in [-0.15, -0.1) is 0 Å². The highest BCUT2D eigenvalue weighted by Gasteiger charge is 2.03. The van der Waals surface area contributed by atoms with Gasteiger partial charge in [-0.05, 0) is 26.6 Å². The van der Waals surface area contributed by atoms with Gasteiger partial charge in [0.25, 0.3) is 0 Å². The summed E-state index contributed by atoms with van der Waals surface area (Å²) in [6, 6.07) is 7.13. The lowest BCUT2D eigenvalue weighted by molar-refractivity contribution is 0.101. The minimum absolute atomic E-state index is 0.0302. The zero-order valence-electron chi connectivity index (χ0n) is 11.6. The van der Waals surface area contributed by atoms with Crippen LogP contribution in [0.25, 0.3) is 0 Å². The van der Waals surface area contributed by atoms with Crippen molar-refractivity contribution in [3.8, 4) is 0 Å². The van der Waals surface area contributed by atoms with Gasteiger partial charge in [0, 0.05) is 18.7 Å². The van der Waals surface area contributed by atoms with E-state index in [4.69, 9.17) is 4.74 Å². The molecule has 0 aromatic heterocycles. The largest absolute Gasteiger partial charge is 0.448 e. The quantitative estimate of drug-likeness (QED) is 0.794. The number of carbonyl (C=O) groups is 2. The number of ketones is 1. The van der Waals surface area contributed by atoms with E-state index >= 15 is 0 Å². The number of hydrogen-bond donors (Lipinski definition) is 1. The number of nitrogens with zero attached hydrogens (tertiary/aromatic N) is 1. The second-order valence-electron chi connectivity index (χ2n) is 4.55. The van der Waals surface area contributed by atoms with Gasteiger partial charge in [-0.25, -0.2) is 4.79 Å². The maximum atomic E-state index is 11.4. The van der Waals surface area contributed by atoms with Crippen LogP contribution in [0, 0.1) is 0 Å². The van der Waals surface area contributed by atoms with Gasteiger partial charge in [0.1, 0.15) is 6.61 Å². The Morgan fingerprint density at radius 1 is 1.21 bits per heavy atom. The van der Waals surface area contributed by atoms with E-state index < -0.39 is 6.09 Å². The number of alkyl carbamates (subject to hydrolysis) is 1. The van der Waals surface area contributed by atoms with Gasteiger partial charge < -0.3 is 15.0 Å². The van der Waals surface area contributed by atoms with E-state index in [0.717, 1.165) is 5.56 Å². The molecule has 1 rings (SSSR count). The van der Waals surface area contributed by atoms with Gasteiger partial charge >= 0.3 is 6.09 Å². The van der Waals surface area contributed by atoms with E-state index in [9.17, 15) is 9.59 Å². The predicted octanol–water partition coefficient (Wildman–Crippen LogP) is 1.68. The Bertz CT molecular complexity index is 427. The molecule has 0 heterocycles. The first-order valence-electron chi connectivity index (χ1n) is 6.14. The van der Waals surface area contributed by atoms with Crippen LogP contribution in [-0.2, 0) is 11.3 Å². The van der Waals surface area contributed by atoms with Crippen LogP contribution < -0.4 is 5.32 Å². The first kappa shape index (κ1) is 15.2. The van der Waals surface area contributed by atoms with E-state index in [1.807, 2.05) is 31.1 Å². The third-order valence-corrected chi connectivity index (χ3v) is 2.57. The van der Waals surface area contributed by atoms with Crippen LogP contribution >= 0.6 is 0 Å². The number of Topliss-reactive ketones (excluding diaryl/α,β-unsaturated/α-hetero) is 1. The van der Waals surface area contributed by atoms with E-state index in [-0.39, 0.29) is 5.78 Å². The molecule has 0 atom stereocenters. The first-order valence-corrected chi connectivity index (χ1v) is 6.14. The second kappa shape index (κ2) is 7.53. The number of rotatable bonds is 6. The van der Waals surface area contributed by atoms with Crippen LogP contribution in [0.2, 0.25) is 0 Å². The number of benzene rings is 1. The first-order chi connectivity index (χ1) is 8.99. The van der Waals surface area contributed by atoms with Crippen LogP contribution in [-0.4, -0.2) is 44.0 Å². The zero-order valence-corrected chi connectivity index (χ0v) is 11.6. The van der Waals surface area contributed by atoms with Crippen molar-refractivity contribution in [2.45, 2.75) is 13.5 Å². The maximum Gasteiger partial charge on any atom is 0.407 e. The normalized spacial score (nSPS) is 10.3. The molecule has 0 aliphatic carbocycles. The highest BCUT2D eigenvalue weighted by Crippen LogP contribution is 2.04. The summed E-state index contributed by atoms with van der Waals surface area (Å²) >= 11 is 0. The molecule has 0 fully saturated rings. The Morgan fingerprint density at radius 2 is 1.84 bits per heavy atom. The smallest absolute Gasteiger partial charge is 0.407 e. The van der Waals surface area contributed by atoms with Crippen molar-refractivity contribution in [1.29, 1.82) is 0 Å². The van der Waals surface area contributed by atoms with Gasteiger partial charge in [0.2, 0.25) is 0 Å². The molecule has 5 heteroatoms. The molecule has 1 N–H and O–H groups in total. The SMILES string of the molecule is CC(=O)c1ccc(CNC(=O)OCCN(C)C)cc1. The summed E-state index contributed by atoms with van der Waals surface area (Å²) in [5.41, 5.74) is 1.59. The van der Waals surface area contributed by atoms with Gasteiger partial charge in [0.15, 0.2) is 5.78 Å². The van der Waals surface area contributed by atoms with Gasteiger partial charge in [-0.2, -0.15) is 0 Å². The molecule has 0 unspecified atom stereocenters. The molecule has 1 amide bonds. The number of likely N-dealkylation sites (N-methyl/N-ethyl adjacent to an activating group) is 1. The molecule has 104 valence electrons. The van der Waals surface area contributed by atoms with E-state index in [0.29, 0.717) is 25.3 Å². The summed E-state index contributed by atoms with van der Waals surface area (Å²) in [5, 5.41) is 2.66. The van der Waals surface area contributed by atoms with Crippen molar-refractivity contribution in [2.75, 3.05) is 27.2 Å².